The number of aryl methyl sites for hydroxylation is 1. The number of hydrogen-bond donors (Lipinski definition) is 1. The Morgan fingerprint density at radius 2 is 1.94 bits per heavy atom. The van der Waals surface area contributed by atoms with Gasteiger partial charge in [-0.2, -0.15) is 18.9 Å². The van der Waals surface area contributed by atoms with Gasteiger partial charge in [-0.25, -0.2) is 9.97 Å². The van der Waals surface area contributed by atoms with Crippen molar-refractivity contribution in [3.63, 3.8) is 0 Å². The SMILES string of the molecule is Cn1cc2c(n1)CN(c1nc3cnc(NC4CC4)nc3n(-c3ccc(OC(F)F)cc3)c1=O)C2. The summed E-state index contributed by atoms with van der Waals surface area (Å²) in [6, 6.07) is 6.18. The number of benzene rings is 1. The summed E-state index contributed by atoms with van der Waals surface area (Å²) in [5.41, 5.74) is 2.76. The summed E-state index contributed by atoms with van der Waals surface area (Å²) < 4.78 is 32.8. The van der Waals surface area contributed by atoms with Gasteiger partial charge in [0.1, 0.15) is 11.3 Å². The highest BCUT2D eigenvalue weighted by atomic mass is 19.3. The Kier molecular flexibility index (Phi) is 4.67. The van der Waals surface area contributed by atoms with E-state index in [1.54, 1.807) is 23.0 Å². The molecule has 10 nitrogen and oxygen atoms in total. The fraction of sp³-hybridized carbons (Fsp3) is 0.318. The van der Waals surface area contributed by atoms with Crippen LogP contribution in [-0.4, -0.2) is 42.0 Å². The Morgan fingerprint density at radius 3 is 2.65 bits per heavy atom. The lowest BCUT2D eigenvalue weighted by Gasteiger charge is -2.19. The molecule has 0 bridgehead atoms. The molecule has 4 heterocycles. The van der Waals surface area contributed by atoms with Gasteiger partial charge < -0.3 is 15.0 Å². The van der Waals surface area contributed by atoms with E-state index in [0.29, 0.717) is 41.9 Å². The van der Waals surface area contributed by atoms with E-state index in [-0.39, 0.29) is 17.1 Å². The maximum absolute atomic E-state index is 13.7. The van der Waals surface area contributed by atoms with Gasteiger partial charge in [-0.15, -0.1) is 0 Å². The predicted octanol–water partition coefficient (Wildman–Crippen LogP) is 2.61. The number of anilines is 2. The van der Waals surface area contributed by atoms with Crippen LogP contribution in [0.15, 0.2) is 41.5 Å². The number of nitrogens with zero attached hydrogens (tertiary/aromatic N) is 7. The number of ether oxygens (including phenoxy) is 1. The molecule has 3 aromatic heterocycles. The molecule has 2 aliphatic rings. The van der Waals surface area contributed by atoms with E-state index in [1.165, 1.54) is 16.7 Å². The number of fused-ring (bicyclic) bond motifs is 2. The highest BCUT2D eigenvalue weighted by Crippen LogP contribution is 2.27. The monoisotopic (exact) mass is 466 g/mol. The van der Waals surface area contributed by atoms with Gasteiger partial charge in [0.05, 0.1) is 24.1 Å². The van der Waals surface area contributed by atoms with E-state index in [1.807, 2.05) is 18.1 Å². The van der Waals surface area contributed by atoms with Crippen LogP contribution in [0.25, 0.3) is 16.9 Å². The largest absolute Gasteiger partial charge is 0.435 e. The molecule has 4 aromatic rings. The third kappa shape index (κ3) is 3.70. The minimum Gasteiger partial charge on any atom is -0.435 e. The summed E-state index contributed by atoms with van der Waals surface area (Å²) in [6.45, 7) is -1.98. The summed E-state index contributed by atoms with van der Waals surface area (Å²) in [5.74, 6) is 0.652. The predicted molar refractivity (Wildman–Crippen MR) is 119 cm³/mol. The standard InChI is InChI=1S/C22H20F2N8O2/c1-30-9-12-10-31(11-17(12)29-30)19-20(33)32(14-4-6-15(7-5-14)34-21(23)24)18-16(27-19)8-25-22(28-18)26-13-2-3-13/h4-9,13,21H,2-3,10-11H2,1H3,(H,25,26,28). The van der Waals surface area contributed by atoms with Crippen LogP contribution in [-0.2, 0) is 20.1 Å². The fourth-order valence-corrected chi connectivity index (χ4v) is 4.11. The number of aromatic nitrogens is 6. The molecule has 0 spiro atoms. The number of halogens is 2. The quantitative estimate of drug-likeness (QED) is 0.463. The van der Waals surface area contributed by atoms with Crippen LogP contribution in [0.4, 0.5) is 20.5 Å². The average Bonchev–Trinajstić information content (AvgIpc) is 3.42. The zero-order valence-corrected chi connectivity index (χ0v) is 18.2. The van der Waals surface area contributed by atoms with Crippen molar-refractivity contribution in [1.82, 2.24) is 29.3 Å². The minimum absolute atomic E-state index is 0.00228. The van der Waals surface area contributed by atoms with Crippen LogP contribution < -0.4 is 20.5 Å². The van der Waals surface area contributed by atoms with E-state index in [0.717, 1.165) is 24.1 Å². The van der Waals surface area contributed by atoms with E-state index in [4.69, 9.17) is 0 Å². The summed E-state index contributed by atoms with van der Waals surface area (Å²) in [4.78, 5) is 29.1. The van der Waals surface area contributed by atoms with Crippen molar-refractivity contribution in [2.45, 2.75) is 38.6 Å². The lowest BCUT2D eigenvalue weighted by atomic mass is 10.3. The third-order valence-corrected chi connectivity index (χ3v) is 5.81. The molecule has 12 heteroatoms. The topological polar surface area (TPSA) is 103 Å². The summed E-state index contributed by atoms with van der Waals surface area (Å²) in [5, 5.41) is 7.68. The van der Waals surface area contributed by atoms with Crippen LogP contribution in [0.2, 0.25) is 0 Å². The smallest absolute Gasteiger partial charge is 0.387 e. The molecule has 0 unspecified atom stereocenters. The Balaban J connectivity index is 1.47. The number of rotatable bonds is 6. The lowest BCUT2D eigenvalue weighted by Crippen LogP contribution is -2.30. The van der Waals surface area contributed by atoms with Crippen LogP contribution in [0.3, 0.4) is 0 Å². The van der Waals surface area contributed by atoms with E-state index in [2.05, 4.69) is 30.1 Å². The van der Waals surface area contributed by atoms with E-state index in [9.17, 15) is 13.6 Å². The van der Waals surface area contributed by atoms with Gasteiger partial charge in [-0.3, -0.25) is 14.0 Å². The molecule has 1 aliphatic carbocycles. The lowest BCUT2D eigenvalue weighted by molar-refractivity contribution is -0.0498. The second-order valence-electron chi connectivity index (χ2n) is 8.40. The molecule has 6 rings (SSSR count). The minimum atomic E-state index is -2.93. The molecule has 0 amide bonds. The Bertz CT molecular complexity index is 1420. The molecule has 174 valence electrons. The fourth-order valence-electron chi connectivity index (χ4n) is 4.11. The molecule has 0 atom stereocenters. The van der Waals surface area contributed by atoms with Crippen LogP contribution in [0, 0.1) is 0 Å². The van der Waals surface area contributed by atoms with Gasteiger partial charge >= 0.3 is 6.61 Å². The van der Waals surface area contributed by atoms with Crippen molar-refractivity contribution < 1.29 is 13.5 Å². The molecular formula is C22H20F2N8O2. The first-order chi connectivity index (χ1) is 16.4. The molecular weight excluding hydrogens is 446 g/mol. The second-order valence-corrected chi connectivity index (χ2v) is 8.40. The van der Waals surface area contributed by atoms with Crippen molar-refractivity contribution in [3.8, 4) is 11.4 Å². The molecule has 1 N–H and O–H groups in total. The van der Waals surface area contributed by atoms with Crippen molar-refractivity contribution in [3.05, 3.63) is 58.3 Å². The van der Waals surface area contributed by atoms with Crippen molar-refractivity contribution in [2.75, 3.05) is 10.2 Å². The van der Waals surface area contributed by atoms with Crippen molar-refractivity contribution >= 4 is 22.9 Å². The highest BCUT2D eigenvalue weighted by molar-refractivity contribution is 5.75. The summed E-state index contributed by atoms with van der Waals surface area (Å²) in [6.07, 6.45) is 5.60. The van der Waals surface area contributed by atoms with E-state index >= 15 is 0 Å². The highest BCUT2D eigenvalue weighted by Gasteiger charge is 2.28. The van der Waals surface area contributed by atoms with Gasteiger partial charge in [-0.1, -0.05) is 0 Å². The normalized spacial score (nSPS) is 15.2. The first-order valence-corrected chi connectivity index (χ1v) is 10.8. The van der Waals surface area contributed by atoms with Crippen molar-refractivity contribution in [2.24, 2.45) is 7.05 Å². The van der Waals surface area contributed by atoms with Gasteiger partial charge in [0.15, 0.2) is 11.5 Å². The zero-order chi connectivity index (χ0) is 23.4. The number of nitrogens with one attached hydrogen (secondary N) is 1. The molecule has 0 saturated heterocycles. The Morgan fingerprint density at radius 1 is 1.15 bits per heavy atom. The zero-order valence-electron chi connectivity index (χ0n) is 18.2. The Labute approximate surface area is 191 Å². The van der Waals surface area contributed by atoms with Crippen molar-refractivity contribution in [1.29, 1.82) is 0 Å². The molecule has 1 saturated carbocycles. The van der Waals surface area contributed by atoms with Gasteiger partial charge in [0, 0.05) is 31.4 Å². The molecule has 1 fully saturated rings. The van der Waals surface area contributed by atoms with E-state index < -0.39 is 6.61 Å². The second kappa shape index (κ2) is 7.75. The maximum Gasteiger partial charge on any atom is 0.387 e. The first-order valence-electron chi connectivity index (χ1n) is 10.8. The number of alkyl halides is 2. The molecule has 1 aromatic carbocycles. The summed E-state index contributed by atoms with van der Waals surface area (Å²) >= 11 is 0. The van der Waals surface area contributed by atoms with Crippen LogP contribution >= 0.6 is 0 Å². The molecule has 34 heavy (non-hydrogen) atoms. The van der Waals surface area contributed by atoms with Crippen LogP contribution in [0.1, 0.15) is 24.1 Å². The van der Waals surface area contributed by atoms with Gasteiger partial charge in [0.25, 0.3) is 5.56 Å². The van der Waals surface area contributed by atoms with Crippen LogP contribution in [0.5, 0.6) is 5.75 Å². The number of hydrogen-bond acceptors (Lipinski definition) is 8. The third-order valence-electron chi connectivity index (χ3n) is 5.81. The van der Waals surface area contributed by atoms with Gasteiger partial charge in [0.2, 0.25) is 5.95 Å². The molecule has 0 radical (unpaired) electrons. The maximum atomic E-state index is 13.7. The first kappa shape index (κ1) is 20.5. The van der Waals surface area contributed by atoms with Gasteiger partial charge in [-0.05, 0) is 37.1 Å². The Hall–Kier alpha value is -4.09. The molecule has 1 aliphatic heterocycles. The summed E-state index contributed by atoms with van der Waals surface area (Å²) in [7, 11) is 1.86. The average molecular weight is 466 g/mol.